The topological polar surface area (TPSA) is 89.4 Å². The number of carbonyl (C=O) groups is 2. The van der Waals surface area contributed by atoms with Gasteiger partial charge in [0.15, 0.2) is 0 Å². The van der Waals surface area contributed by atoms with E-state index in [-0.39, 0.29) is 23.8 Å². The molecule has 0 spiro atoms. The average molecular weight is 418 g/mol. The van der Waals surface area contributed by atoms with Gasteiger partial charge in [-0.2, -0.15) is 5.10 Å². The van der Waals surface area contributed by atoms with Gasteiger partial charge in [0.1, 0.15) is 11.5 Å². The zero-order valence-electron chi connectivity index (χ0n) is 16.8. The Bertz CT molecular complexity index is 863. The third-order valence-corrected chi connectivity index (χ3v) is 6.70. The third-order valence-electron chi connectivity index (χ3n) is 5.55. The fourth-order valence-electron chi connectivity index (χ4n) is 3.80. The van der Waals surface area contributed by atoms with Crippen molar-refractivity contribution in [1.29, 1.82) is 0 Å². The highest BCUT2D eigenvalue weighted by Gasteiger charge is 2.29. The molecule has 2 aliphatic rings. The van der Waals surface area contributed by atoms with Crippen LogP contribution in [-0.4, -0.2) is 57.8 Å². The number of rotatable bonds is 5. The van der Waals surface area contributed by atoms with Crippen molar-refractivity contribution in [2.45, 2.75) is 45.1 Å². The summed E-state index contributed by atoms with van der Waals surface area (Å²) < 4.78 is 7.19. The smallest absolute Gasteiger partial charge is 0.273 e. The maximum atomic E-state index is 12.8. The third kappa shape index (κ3) is 4.35. The molecule has 9 heteroatoms. The quantitative estimate of drug-likeness (QED) is 0.808. The van der Waals surface area contributed by atoms with Crippen LogP contribution in [0.2, 0.25) is 0 Å². The van der Waals surface area contributed by atoms with Crippen LogP contribution in [0.5, 0.6) is 0 Å². The van der Waals surface area contributed by atoms with E-state index in [0.29, 0.717) is 43.7 Å². The van der Waals surface area contributed by atoms with Crippen LogP contribution >= 0.6 is 11.3 Å². The zero-order chi connectivity index (χ0) is 20.4. The van der Waals surface area contributed by atoms with Crippen molar-refractivity contribution < 1.29 is 14.3 Å². The SMILES string of the molecule is CC(C)c1nc(C(=O)N2CCC(n3nccc3NC(=O)C3CCOC3)CC2)cs1. The van der Waals surface area contributed by atoms with Gasteiger partial charge >= 0.3 is 0 Å². The molecule has 4 rings (SSSR count). The predicted molar refractivity (Wildman–Crippen MR) is 110 cm³/mol. The molecule has 4 heterocycles. The zero-order valence-corrected chi connectivity index (χ0v) is 17.7. The number of nitrogens with zero attached hydrogens (tertiary/aromatic N) is 4. The Kier molecular flexibility index (Phi) is 5.96. The van der Waals surface area contributed by atoms with Crippen LogP contribution in [0.25, 0.3) is 0 Å². The van der Waals surface area contributed by atoms with Gasteiger partial charge in [0.25, 0.3) is 5.91 Å². The van der Waals surface area contributed by atoms with Crippen molar-refractivity contribution >= 4 is 29.0 Å². The molecule has 8 nitrogen and oxygen atoms in total. The summed E-state index contributed by atoms with van der Waals surface area (Å²) in [7, 11) is 0. The molecule has 0 aliphatic carbocycles. The molecule has 0 saturated carbocycles. The summed E-state index contributed by atoms with van der Waals surface area (Å²) in [4.78, 5) is 31.5. The van der Waals surface area contributed by atoms with E-state index in [1.165, 1.54) is 0 Å². The number of piperidine rings is 1. The number of likely N-dealkylation sites (tertiary alicyclic amines) is 1. The second kappa shape index (κ2) is 8.62. The molecule has 2 amide bonds. The molecule has 0 aromatic carbocycles. The lowest BCUT2D eigenvalue weighted by Gasteiger charge is -2.32. The number of anilines is 1. The first kappa shape index (κ1) is 20.0. The van der Waals surface area contributed by atoms with Crippen LogP contribution in [0, 0.1) is 5.92 Å². The minimum Gasteiger partial charge on any atom is -0.381 e. The van der Waals surface area contributed by atoms with Gasteiger partial charge in [-0.3, -0.25) is 9.59 Å². The number of amides is 2. The van der Waals surface area contributed by atoms with E-state index < -0.39 is 0 Å². The summed E-state index contributed by atoms with van der Waals surface area (Å²) in [5.41, 5.74) is 0.544. The molecule has 0 bridgehead atoms. The van der Waals surface area contributed by atoms with E-state index in [4.69, 9.17) is 4.74 Å². The lowest BCUT2D eigenvalue weighted by molar-refractivity contribution is -0.119. The lowest BCUT2D eigenvalue weighted by Crippen LogP contribution is -2.39. The van der Waals surface area contributed by atoms with E-state index >= 15 is 0 Å². The van der Waals surface area contributed by atoms with Gasteiger partial charge in [0.2, 0.25) is 5.91 Å². The van der Waals surface area contributed by atoms with Gasteiger partial charge in [-0.15, -0.1) is 11.3 Å². The Morgan fingerprint density at radius 3 is 2.72 bits per heavy atom. The van der Waals surface area contributed by atoms with Crippen LogP contribution < -0.4 is 5.32 Å². The van der Waals surface area contributed by atoms with Crippen LogP contribution in [0.4, 0.5) is 5.82 Å². The Labute approximate surface area is 174 Å². The molecule has 156 valence electrons. The molecule has 2 fully saturated rings. The first-order chi connectivity index (χ1) is 14.0. The molecule has 1 unspecified atom stereocenters. The molecule has 1 N–H and O–H groups in total. The van der Waals surface area contributed by atoms with E-state index in [0.717, 1.165) is 24.3 Å². The Hall–Kier alpha value is -2.26. The summed E-state index contributed by atoms with van der Waals surface area (Å²) in [6.07, 6.45) is 4.06. The second-order valence-corrected chi connectivity index (χ2v) is 8.85. The van der Waals surface area contributed by atoms with Gasteiger partial charge in [0.05, 0.1) is 29.8 Å². The van der Waals surface area contributed by atoms with Crippen molar-refractivity contribution in [3.05, 3.63) is 28.3 Å². The van der Waals surface area contributed by atoms with Gasteiger partial charge in [0, 0.05) is 37.1 Å². The van der Waals surface area contributed by atoms with Crippen molar-refractivity contribution in [3.63, 3.8) is 0 Å². The highest BCUT2D eigenvalue weighted by atomic mass is 32.1. The van der Waals surface area contributed by atoms with E-state index in [2.05, 4.69) is 29.2 Å². The first-order valence-electron chi connectivity index (χ1n) is 10.2. The Morgan fingerprint density at radius 1 is 1.28 bits per heavy atom. The standard InChI is InChI=1S/C20H27N5O3S/c1-13(2)19-22-16(12-29-19)20(27)24-8-4-15(5-9-24)25-17(3-7-21-25)23-18(26)14-6-10-28-11-14/h3,7,12-15H,4-6,8-11H2,1-2H3,(H,23,26). The fraction of sp³-hybridized carbons (Fsp3) is 0.600. The molecule has 2 aromatic rings. The minimum atomic E-state index is -0.0911. The van der Waals surface area contributed by atoms with E-state index in [1.807, 2.05) is 21.0 Å². The number of hydrogen-bond acceptors (Lipinski definition) is 6. The average Bonchev–Trinajstić information content (AvgIpc) is 3.48. The fourth-order valence-corrected chi connectivity index (χ4v) is 4.61. The van der Waals surface area contributed by atoms with E-state index in [9.17, 15) is 9.59 Å². The minimum absolute atomic E-state index is 0.00169. The molecular formula is C20H27N5O3S. The summed E-state index contributed by atoms with van der Waals surface area (Å²) in [5.74, 6) is 0.944. The molecule has 0 radical (unpaired) electrons. The van der Waals surface area contributed by atoms with Crippen LogP contribution in [0.1, 0.15) is 60.6 Å². The van der Waals surface area contributed by atoms with Crippen molar-refractivity contribution in [1.82, 2.24) is 19.7 Å². The molecule has 2 aromatic heterocycles. The summed E-state index contributed by atoms with van der Waals surface area (Å²) in [5, 5.41) is 10.3. The van der Waals surface area contributed by atoms with E-state index in [1.54, 1.807) is 17.5 Å². The molecule has 2 saturated heterocycles. The molecular weight excluding hydrogens is 390 g/mol. The highest BCUT2D eigenvalue weighted by molar-refractivity contribution is 7.09. The number of aromatic nitrogens is 3. The number of thiazole rings is 1. The number of nitrogens with one attached hydrogen (secondary N) is 1. The van der Waals surface area contributed by atoms with Crippen molar-refractivity contribution in [2.75, 3.05) is 31.6 Å². The van der Waals surface area contributed by atoms with Crippen molar-refractivity contribution in [3.8, 4) is 0 Å². The lowest BCUT2D eigenvalue weighted by atomic mass is 10.0. The normalized spacial score (nSPS) is 20.4. The van der Waals surface area contributed by atoms with Crippen LogP contribution in [-0.2, 0) is 9.53 Å². The van der Waals surface area contributed by atoms with Gasteiger partial charge in [-0.25, -0.2) is 9.67 Å². The Morgan fingerprint density at radius 2 is 2.07 bits per heavy atom. The second-order valence-electron chi connectivity index (χ2n) is 7.96. The summed E-state index contributed by atoms with van der Waals surface area (Å²) in [6, 6.07) is 1.99. The number of carbonyl (C=O) groups excluding carboxylic acids is 2. The van der Waals surface area contributed by atoms with Crippen molar-refractivity contribution in [2.24, 2.45) is 5.92 Å². The number of ether oxygens (including phenoxy) is 1. The van der Waals surface area contributed by atoms with Gasteiger partial charge < -0.3 is 15.0 Å². The first-order valence-corrected chi connectivity index (χ1v) is 11.1. The predicted octanol–water partition coefficient (Wildman–Crippen LogP) is 2.92. The van der Waals surface area contributed by atoms with Gasteiger partial charge in [-0.05, 0) is 19.3 Å². The summed E-state index contributed by atoms with van der Waals surface area (Å²) >= 11 is 1.54. The molecule has 2 aliphatic heterocycles. The number of hydrogen-bond donors (Lipinski definition) is 1. The monoisotopic (exact) mass is 417 g/mol. The highest BCUT2D eigenvalue weighted by Crippen LogP contribution is 2.27. The van der Waals surface area contributed by atoms with Crippen LogP contribution in [0.15, 0.2) is 17.6 Å². The maximum absolute atomic E-state index is 12.8. The molecule has 29 heavy (non-hydrogen) atoms. The largest absolute Gasteiger partial charge is 0.381 e. The maximum Gasteiger partial charge on any atom is 0.273 e. The summed E-state index contributed by atoms with van der Waals surface area (Å²) in [6.45, 7) is 6.60. The van der Waals surface area contributed by atoms with Crippen LogP contribution in [0.3, 0.4) is 0 Å². The molecule has 1 atom stereocenters. The van der Waals surface area contributed by atoms with Gasteiger partial charge in [-0.1, -0.05) is 13.8 Å². The Balaban J connectivity index is 1.35.